The zero-order chi connectivity index (χ0) is 9.07. The number of hydrogen-bond donors (Lipinski definition) is 2. The van der Waals surface area contributed by atoms with E-state index in [4.69, 9.17) is 10.2 Å². The van der Waals surface area contributed by atoms with Gasteiger partial charge in [0.25, 0.3) is 0 Å². The summed E-state index contributed by atoms with van der Waals surface area (Å²) in [6.07, 6.45) is 0. The predicted molar refractivity (Wildman–Crippen MR) is 38.1 cm³/mol. The van der Waals surface area contributed by atoms with Crippen molar-refractivity contribution in [3.8, 4) is 0 Å². The van der Waals surface area contributed by atoms with Crippen molar-refractivity contribution in [1.82, 2.24) is 0 Å². The van der Waals surface area contributed by atoms with Gasteiger partial charge in [-0.2, -0.15) is 0 Å². The van der Waals surface area contributed by atoms with E-state index < -0.39 is 17.4 Å². The summed E-state index contributed by atoms with van der Waals surface area (Å²) in [7, 11) is 0. The summed E-state index contributed by atoms with van der Waals surface area (Å²) in [5, 5.41) is 19.5. The number of aliphatic hydroxyl groups is 1. The fourth-order valence-corrected chi connectivity index (χ4v) is 0.608. The van der Waals surface area contributed by atoms with Crippen LogP contribution in [-0.4, -0.2) is 28.8 Å². The maximum atomic E-state index is 10.3. The molecule has 0 saturated carbocycles. The van der Waals surface area contributed by atoms with Gasteiger partial charge in [-0.15, -0.1) is 4.91 Å². The maximum absolute atomic E-state index is 10.3. The van der Waals surface area contributed by atoms with Gasteiger partial charge in [0.1, 0.15) is 0 Å². The minimum atomic E-state index is -1.38. The van der Waals surface area contributed by atoms with E-state index in [1.807, 2.05) is 0 Å². The first-order valence-corrected chi connectivity index (χ1v) is 3.12. The summed E-state index contributed by atoms with van der Waals surface area (Å²) >= 11 is 0. The first kappa shape index (κ1) is 10.0. The first-order valence-electron chi connectivity index (χ1n) is 3.12. The molecule has 5 nitrogen and oxygen atoms in total. The van der Waals surface area contributed by atoms with Crippen molar-refractivity contribution in [3.63, 3.8) is 0 Å². The average Bonchev–Trinajstić information content (AvgIpc) is 1.88. The molecule has 2 N–H and O–H groups in total. The molecule has 1 atom stereocenters. The van der Waals surface area contributed by atoms with Gasteiger partial charge in [-0.1, -0.05) is 19.0 Å². The third-order valence-electron chi connectivity index (χ3n) is 1.49. The summed E-state index contributed by atoms with van der Waals surface area (Å²) in [5.74, 6) is -1.31. The van der Waals surface area contributed by atoms with E-state index in [1.165, 1.54) is 13.8 Å². The van der Waals surface area contributed by atoms with Gasteiger partial charge >= 0.3 is 5.97 Å². The first-order chi connectivity index (χ1) is 4.95. The van der Waals surface area contributed by atoms with E-state index in [1.54, 1.807) is 0 Å². The number of carboxylic acids is 1. The Balaban J connectivity index is 4.48. The second-order valence-electron chi connectivity index (χ2n) is 2.99. The number of carbonyl (C=O) groups is 1. The van der Waals surface area contributed by atoms with Crippen molar-refractivity contribution in [2.45, 2.75) is 19.9 Å². The summed E-state index contributed by atoms with van der Waals surface area (Å²) in [4.78, 5) is 20.3. The van der Waals surface area contributed by atoms with Crippen LogP contribution >= 0.6 is 0 Å². The van der Waals surface area contributed by atoms with Crippen molar-refractivity contribution in [3.05, 3.63) is 4.91 Å². The lowest BCUT2D eigenvalue weighted by molar-refractivity contribution is -0.142. The number of aliphatic hydroxyl groups excluding tert-OH is 1. The third-order valence-corrected chi connectivity index (χ3v) is 1.49. The maximum Gasteiger partial charge on any atom is 0.332 e. The van der Waals surface area contributed by atoms with E-state index in [9.17, 15) is 9.70 Å². The van der Waals surface area contributed by atoms with Crippen LogP contribution in [0, 0.1) is 10.3 Å². The SMILES string of the molecule is CC(C)(CO)C(N=O)C(=O)O. The van der Waals surface area contributed by atoms with Gasteiger partial charge < -0.3 is 10.2 Å². The van der Waals surface area contributed by atoms with E-state index >= 15 is 0 Å². The summed E-state index contributed by atoms with van der Waals surface area (Å²) in [6, 6.07) is -1.38. The standard InChI is InChI=1S/C6H11NO4/c1-6(2,3-8)4(7-11)5(9)10/h4,8H,3H2,1-2H3,(H,9,10). The van der Waals surface area contributed by atoms with Gasteiger partial charge in [0.05, 0.1) is 6.61 Å². The van der Waals surface area contributed by atoms with E-state index in [2.05, 4.69) is 5.18 Å². The quantitative estimate of drug-likeness (QED) is 0.577. The van der Waals surface area contributed by atoms with Crippen molar-refractivity contribution in [2.24, 2.45) is 10.6 Å². The van der Waals surface area contributed by atoms with Crippen LogP contribution in [-0.2, 0) is 4.79 Å². The van der Waals surface area contributed by atoms with Crippen LogP contribution < -0.4 is 0 Å². The molecule has 0 rings (SSSR count). The molecule has 0 aromatic carbocycles. The van der Waals surface area contributed by atoms with E-state index in [0.29, 0.717) is 0 Å². The molecule has 0 radical (unpaired) electrons. The highest BCUT2D eigenvalue weighted by molar-refractivity contribution is 5.74. The lowest BCUT2D eigenvalue weighted by Crippen LogP contribution is -2.37. The Morgan fingerprint density at radius 3 is 2.18 bits per heavy atom. The lowest BCUT2D eigenvalue weighted by Gasteiger charge is -2.23. The Bertz CT molecular complexity index is 166. The zero-order valence-corrected chi connectivity index (χ0v) is 6.44. The fourth-order valence-electron chi connectivity index (χ4n) is 0.608. The second-order valence-corrected chi connectivity index (χ2v) is 2.99. The van der Waals surface area contributed by atoms with E-state index in [-0.39, 0.29) is 6.61 Å². The molecule has 11 heavy (non-hydrogen) atoms. The Labute approximate surface area is 64.0 Å². The number of rotatable bonds is 4. The Morgan fingerprint density at radius 2 is 2.09 bits per heavy atom. The van der Waals surface area contributed by atoms with Crippen LogP contribution in [0.25, 0.3) is 0 Å². The van der Waals surface area contributed by atoms with Crippen molar-refractivity contribution < 1.29 is 15.0 Å². The Hall–Kier alpha value is -0.970. The molecule has 0 aliphatic rings. The molecule has 0 aliphatic carbocycles. The third kappa shape index (κ3) is 2.27. The largest absolute Gasteiger partial charge is 0.480 e. The molecule has 1 unspecified atom stereocenters. The molecule has 0 aromatic heterocycles. The number of hydrogen-bond acceptors (Lipinski definition) is 4. The lowest BCUT2D eigenvalue weighted by atomic mass is 9.86. The molecule has 0 aliphatic heterocycles. The van der Waals surface area contributed by atoms with Gasteiger partial charge in [-0.3, -0.25) is 0 Å². The number of aliphatic carboxylic acids is 1. The number of carboxylic acid groups (broad SMARTS) is 1. The summed E-state index contributed by atoms with van der Waals surface area (Å²) < 4.78 is 0. The van der Waals surface area contributed by atoms with Crippen molar-refractivity contribution in [1.29, 1.82) is 0 Å². The highest BCUT2D eigenvalue weighted by Crippen LogP contribution is 2.22. The Morgan fingerprint density at radius 1 is 1.64 bits per heavy atom. The molecule has 0 fully saturated rings. The topological polar surface area (TPSA) is 87.0 Å². The summed E-state index contributed by atoms with van der Waals surface area (Å²) in [5.41, 5.74) is -0.992. The van der Waals surface area contributed by atoms with Gasteiger partial charge in [-0.25, -0.2) is 4.79 Å². The molecule has 5 heteroatoms. The average molecular weight is 161 g/mol. The van der Waals surface area contributed by atoms with Crippen molar-refractivity contribution >= 4 is 5.97 Å². The van der Waals surface area contributed by atoms with Gasteiger partial charge in [0.2, 0.25) is 0 Å². The molecule has 0 amide bonds. The number of nitroso groups, excluding NO2 is 1. The predicted octanol–water partition coefficient (Wildman–Crippen LogP) is 0.225. The molecule has 0 spiro atoms. The van der Waals surface area contributed by atoms with Crippen LogP contribution in [0.4, 0.5) is 0 Å². The van der Waals surface area contributed by atoms with Gasteiger partial charge in [-0.05, 0) is 0 Å². The van der Waals surface area contributed by atoms with Crippen LogP contribution in [0.2, 0.25) is 0 Å². The van der Waals surface area contributed by atoms with Gasteiger partial charge in [0, 0.05) is 5.41 Å². The van der Waals surface area contributed by atoms with Crippen LogP contribution in [0.5, 0.6) is 0 Å². The second kappa shape index (κ2) is 3.43. The smallest absolute Gasteiger partial charge is 0.332 e. The van der Waals surface area contributed by atoms with Crippen LogP contribution in [0.15, 0.2) is 5.18 Å². The van der Waals surface area contributed by atoms with Crippen molar-refractivity contribution in [2.75, 3.05) is 6.61 Å². The molecular weight excluding hydrogens is 150 g/mol. The van der Waals surface area contributed by atoms with Gasteiger partial charge in [0.15, 0.2) is 6.04 Å². The highest BCUT2D eigenvalue weighted by Gasteiger charge is 2.36. The van der Waals surface area contributed by atoms with E-state index in [0.717, 1.165) is 0 Å². The van der Waals surface area contributed by atoms with Crippen LogP contribution in [0.3, 0.4) is 0 Å². The molecule has 0 aromatic rings. The normalized spacial score (nSPS) is 14.1. The molecule has 0 heterocycles. The zero-order valence-electron chi connectivity index (χ0n) is 6.44. The molecule has 64 valence electrons. The summed E-state index contributed by atoms with van der Waals surface area (Å²) in [6.45, 7) is 2.55. The molecule has 0 bridgehead atoms. The van der Waals surface area contributed by atoms with Crippen LogP contribution in [0.1, 0.15) is 13.8 Å². The number of nitrogens with zero attached hydrogens (tertiary/aromatic N) is 1. The fraction of sp³-hybridized carbons (Fsp3) is 0.833. The minimum absolute atomic E-state index is 0.379. The highest BCUT2D eigenvalue weighted by atomic mass is 16.4. The monoisotopic (exact) mass is 161 g/mol. The molecule has 0 saturated heterocycles. The Kier molecular flexibility index (Phi) is 3.13. The molecular formula is C6H11NO4. The minimum Gasteiger partial charge on any atom is -0.480 e.